The van der Waals surface area contributed by atoms with E-state index < -0.39 is 0 Å². The molecular formula is C17H16BrN5OS. The molecule has 0 atom stereocenters. The molecule has 0 aliphatic rings. The van der Waals surface area contributed by atoms with Gasteiger partial charge >= 0.3 is 0 Å². The second-order valence-corrected chi connectivity index (χ2v) is 6.85. The third kappa shape index (κ3) is 5.07. The van der Waals surface area contributed by atoms with Crippen LogP contribution in [0, 0.1) is 0 Å². The number of nitrogens with one attached hydrogen (secondary N) is 2. The highest BCUT2D eigenvalue weighted by Crippen LogP contribution is 2.26. The average Bonchev–Trinajstić information content (AvgIpc) is 3.08. The second-order valence-electron chi connectivity index (χ2n) is 4.99. The highest BCUT2D eigenvalue weighted by molar-refractivity contribution is 9.10. The van der Waals surface area contributed by atoms with Crippen LogP contribution in [-0.4, -0.2) is 28.5 Å². The maximum atomic E-state index is 5.35. The molecule has 0 aliphatic heterocycles. The van der Waals surface area contributed by atoms with Crippen LogP contribution in [0.2, 0.25) is 0 Å². The van der Waals surface area contributed by atoms with E-state index >= 15 is 0 Å². The predicted octanol–water partition coefficient (Wildman–Crippen LogP) is 4.31. The van der Waals surface area contributed by atoms with E-state index in [0.717, 1.165) is 27.1 Å². The Morgan fingerprint density at radius 2 is 2.16 bits per heavy atom. The first-order valence-electron chi connectivity index (χ1n) is 7.46. The van der Waals surface area contributed by atoms with Gasteiger partial charge in [-0.15, -0.1) is 5.10 Å². The molecule has 0 saturated carbocycles. The largest absolute Gasteiger partial charge is 0.496 e. The number of nitrogens with zero attached hydrogens (tertiary/aromatic N) is 3. The monoisotopic (exact) mass is 417 g/mol. The number of rotatable bonds is 7. The topological polar surface area (TPSA) is 75.2 Å². The lowest BCUT2D eigenvalue weighted by atomic mass is 10.2. The Kier molecular flexibility index (Phi) is 6.08. The van der Waals surface area contributed by atoms with E-state index in [4.69, 9.17) is 4.74 Å². The van der Waals surface area contributed by atoms with Gasteiger partial charge < -0.3 is 4.74 Å². The van der Waals surface area contributed by atoms with Crippen LogP contribution in [0.1, 0.15) is 11.1 Å². The highest BCUT2D eigenvalue weighted by Gasteiger charge is 2.06. The van der Waals surface area contributed by atoms with Crippen LogP contribution in [0.4, 0.5) is 5.95 Å². The van der Waals surface area contributed by atoms with Gasteiger partial charge in [0.05, 0.1) is 13.3 Å². The molecule has 0 bridgehead atoms. The fourth-order valence-corrected chi connectivity index (χ4v) is 3.29. The number of hydrogen-bond acceptors (Lipinski definition) is 6. The fourth-order valence-electron chi connectivity index (χ4n) is 2.08. The van der Waals surface area contributed by atoms with Crippen LogP contribution in [0.5, 0.6) is 5.75 Å². The molecule has 128 valence electrons. The number of aromatic nitrogens is 3. The number of thioether (sulfide) groups is 1. The molecule has 3 aromatic rings. The van der Waals surface area contributed by atoms with Gasteiger partial charge in [-0.2, -0.15) is 10.1 Å². The predicted molar refractivity (Wildman–Crippen MR) is 104 cm³/mol. The van der Waals surface area contributed by atoms with Crippen LogP contribution in [0.25, 0.3) is 0 Å². The van der Waals surface area contributed by atoms with Crippen LogP contribution < -0.4 is 10.2 Å². The number of benzene rings is 2. The van der Waals surface area contributed by atoms with Gasteiger partial charge in [0.25, 0.3) is 0 Å². The van der Waals surface area contributed by atoms with E-state index in [1.165, 1.54) is 11.8 Å². The molecule has 8 heteroatoms. The summed E-state index contributed by atoms with van der Waals surface area (Å²) < 4.78 is 6.35. The molecule has 2 N–H and O–H groups in total. The van der Waals surface area contributed by atoms with Crippen LogP contribution in [0.15, 0.2) is 63.3 Å². The van der Waals surface area contributed by atoms with Crippen molar-refractivity contribution >= 4 is 39.9 Å². The lowest BCUT2D eigenvalue weighted by Gasteiger charge is -2.05. The van der Waals surface area contributed by atoms with Gasteiger partial charge in [-0.25, -0.2) is 10.5 Å². The summed E-state index contributed by atoms with van der Waals surface area (Å²) in [6, 6.07) is 15.8. The van der Waals surface area contributed by atoms with Crippen molar-refractivity contribution in [3.8, 4) is 5.75 Å². The Bertz CT molecular complexity index is 868. The smallest absolute Gasteiger partial charge is 0.240 e. The highest BCUT2D eigenvalue weighted by atomic mass is 79.9. The molecule has 1 heterocycles. The van der Waals surface area contributed by atoms with Crippen LogP contribution in [0.3, 0.4) is 0 Å². The van der Waals surface area contributed by atoms with Crippen molar-refractivity contribution in [3.63, 3.8) is 0 Å². The summed E-state index contributed by atoms with van der Waals surface area (Å²) in [5.74, 6) is 2.08. The zero-order valence-electron chi connectivity index (χ0n) is 13.4. The average molecular weight is 418 g/mol. The van der Waals surface area contributed by atoms with Crippen molar-refractivity contribution < 1.29 is 4.74 Å². The Morgan fingerprint density at radius 3 is 3.00 bits per heavy atom. The summed E-state index contributed by atoms with van der Waals surface area (Å²) in [5, 5.41) is 11.8. The number of para-hydroxylation sites is 1. The lowest BCUT2D eigenvalue weighted by Crippen LogP contribution is -1.92. The van der Waals surface area contributed by atoms with Gasteiger partial charge in [0, 0.05) is 15.8 Å². The van der Waals surface area contributed by atoms with Crippen molar-refractivity contribution in [2.24, 2.45) is 5.10 Å². The summed E-state index contributed by atoms with van der Waals surface area (Å²) in [4.78, 5) is 4.35. The number of methoxy groups -OCH3 is 1. The molecule has 0 aliphatic carbocycles. The van der Waals surface area contributed by atoms with Gasteiger partial charge in [-0.05, 0) is 23.8 Å². The molecule has 0 amide bonds. The van der Waals surface area contributed by atoms with Crippen molar-refractivity contribution in [2.45, 2.75) is 10.9 Å². The summed E-state index contributed by atoms with van der Waals surface area (Å²) in [6.45, 7) is 0. The van der Waals surface area contributed by atoms with Crippen molar-refractivity contribution in [1.82, 2.24) is 15.2 Å². The third-order valence-electron chi connectivity index (χ3n) is 3.25. The minimum atomic E-state index is 0.494. The molecule has 1 aromatic heterocycles. The summed E-state index contributed by atoms with van der Waals surface area (Å²) >= 11 is 4.95. The minimum absolute atomic E-state index is 0.494. The SMILES string of the molecule is COc1ccccc1CSc1n[nH]c(N/N=C\c2cccc(Br)c2)n1. The first-order chi connectivity index (χ1) is 12.2. The van der Waals surface area contributed by atoms with Gasteiger partial charge in [-0.1, -0.05) is 58.0 Å². The molecular weight excluding hydrogens is 402 g/mol. The van der Waals surface area contributed by atoms with E-state index in [2.05, 4.69) is 41.6 Å². The summed E-state index contributed by atoms with van der Waals surface area (Å²) in [6.07, 6.45) is 1.72. The Morgan fingerprint density at radius 1 is 1.28 bits per heavy atom. The third-order valence-corrected chi connectivity index (χ3v) is 4.64. The van der Waals surface area contributed by atoms with Crippen LogP contribution in [-0.2, 0) is 5.75 Å². The van der Waals surface area contributed by atoms with Gasteiger partial charge in [0.1, 0.15) is 5.75 Å². The minimum Gasteiger partial charge on any atom is -0.496 e. The number of hydrogen-bond donors (Lipinski definition) is 2. The molecule has 0 spiro atoms. The zero-order valence-corrected chi connectivity index (χ0v) is 15.8. The molecule has 0 radical (unpaired) electrons. The first-order valence-corrected chi connectivity index (χ1v) is 9.24. The zero-order chi connectivity index (χ0) is 17.5. The number of anilines is 1. The molecule has 2 aromatic carbocycles. The standard InChI is InChI=1S/C17H16BrN5OS/c1-24-15-8-3-2-6-13(15)11-25-17-20-16(22-23-17)21-19-10-12-5-4-7-14(18)9-12/h2-10H,11H2,1H3,(H2,20,21,22,23)/b19-10-. The van der Waals surface area contributed by atoms with E-state index in [-0.39, 0.29) is 0 Å². The maximum absolute atomic E-state index is 5.35. The molecule has 25 heavy (non-hydrogen) atoms. The Labute approximate surface area is 158 Å². The number of aromatic amines is 1. The summed E-state index contributed by atoms with van der Waals surface area (Å²) in [7, 11) is 1.67. The normalized spacial score (nSPS) is 11.0. The van der Waals surface area contributed by atoms with E-state index in [9.17, 15) is 0 Å². The number of H-pyrrole nitrogens is 1. The lowest BCUT2D eigenvalue weighted by molar-refractivity contribution is 0.411. The molecule has 0 unspecified atom stereocenters. The van der Waals surface area contributed by atoms with Crippen molar-refractivity contribution in [2.75, 3.05) is 12.5 Å². The number of hydrazone groups is 1. The van der Waals surface area contributed by atoms with E-state index in [1.807, 2.05) is 48.5 Å². The van der Waals surface area contributed by atoms with Gasteiger partial charge in [-0.3, -0.25) is 0 Å². The van der Waals surface area contributed by atoms with Gasteiger partial charge in [0.2, 0.25) is 11.1 Å². The first kappa shape index (κ1) is 17.5. The molecule has 0 fully saturated rings. The van der Waals surface area contributed by atoms with Gasteiger partial charge in [0.15, 0.2) is 0 Å². The quantitative estimate of drug-likeness (QED) is 0.340. The molecule has 3 rings (SSSR count). The van der Waals surface area contributed by atoms with Crippen LogP contribution >= 0.6 is 27.7 Å². The fraction of sp³-hybridized carbons (Fsp3) is 0.118. The Balaban J connectivity index is 1.55. The molecule has 0 saturated heterocycles. The van der Waals surface area contributed by atoms with E-state index in [1.54, 1.807) is 13.3 Å². The van der Waals surface area contributed by atoms with Crippen molar-refractivity contribution in [3.05, 3.63) is 64.1 Å². The second kappa shape index (κ2) is 8.68. The maximum Gasteiger partial charge on any atom is 0.240 e. The number of ether oxygens (including phenoxy) is 1. The van der Waals surface area contributed by atoms with Crippen molar-refractivity contribution in [1.29, 1.82) is 0 Å². The summed E-state index contributed by atoms with van der Waals surface area (Å²) in [5.41, 5.74) is 4.92. The number of halogens is 1. The van der Waals surface area contributed by atoms with E-state index in [0.29, 0.717) is 11.1 Å². The molecule has 6 nitrogen and oxygen atoms in total. The Hall–Kier alpha value is -2.32.